The average Bonchev–Trinajstić information content (AvgIpc) is 3.11. The van der Waals surface area contributed by atoms with Gasteiger partial charge in [-0.2, -0.15) is 0 Å². The van der Waals surface area contributed by atoms with Crippen molar-refractivity contribution in [3.8, 4) is 0 Å². The second-order valence-electron chi connectivity index (χ2n) is 6.64. The van der Waals surface area contributed by atoms with Crippen LogP contribution in [-0.2, 0) is 12.8 Å². The molecule has 1 aromatic heterocycles. The summed E-state index contributed by atoms with van der Waals surface area (Å²) in [6.07, 6.45) is 3.51. The van der Waals surface area contributed by atoms with Crippen LogP contribution in [0.5, 0.6) is 0 Å². The first kappa shape index (κ1) is 19.2. The Balaban J connectivity index is 0.00000104. The summed E-state index contributed by atoms with van der Waals surface area (Å²) < 4.78 is 13.2. The van der Waals surface area contributed by atoms with Crippen LogP contribution in [0.3, 0.4) is 0 Å². The van der Waals surface area contributed by atoms with Crippen LogP contribution in [-0.4, -0.2) is 30.3 Å². The molecule has 2 N–H and O–H groups in total. The number of pyridine rings is 1. The summed E-state index contributed by atoms with van der Waals surface area (Å²) in [5.74, 6) is 0.895. The number of aryl methyl sites for hydroxylation is 3. The van der Waals surface area contributed by atoms with Crippen molar-refractivity contribution in [3.63, 3.8) is 0 Å². The van der Waals surface area contributed by atoms with Crippen molar-refractivity contribution in [1.82, 2.24) is 10.3 Å². The van der Waals surface area contributed by atoms with E-state index < -0.39 is 6.17 Å². The van der Waals surface area contributed by atoms with Crippen LogP contribution in [0.1, 0.15) is 29.5 Å². The van der Waals surface area contributed by atoms with E-state index >= 15 is 0 Å². The molecule has 1 fully saturated rings. The van der Waals surface area contributed by atoms with Gasteiger partial charge in [0.05, 0.1) is 5.52 Å². The van der Waals surface area contributed by atoms with Crippen molar-refractivity contribution in [1.29, 1.82) is 0 Å². The molecule has 2 aromatic rings. The quantitative estimate of drug-likeness (QED) is 0.856. The Kier molecular flexibility index (Phi) is 6.29. The number of aromatic nitrogens is 1. The highest BCUT2D eigenvalue weighted by Crippen LogP contribution is 2.29. The minimum Gasteiger partial charge on any atom is -0.368 e. The molecule has 4 rings (SSSR count). The zero-order valence-corrected chi connectivity index (χ0v) is 15.4. The van der Waals surface area contributed by atoms with Gasteiger partial charge in [0, 0.05) is 24.5 Å². The predicted molar refractivity (Wildman–Crippen MR) is 103 cm³/mol. The van der Waals surface area contributed by atoms with Crippen LogP contribution in [0.2, 0.25) is 0 Å². The number of nitrogens with one attached hydrogen (secondary N) is 2. The summed E-state index contributed by atoms with van der Waals surface area (Å²) in [6.45, 7) is 3.34. The number of nitrogens with zero attached hydrogens (tertiary/aromatic N) is 1. The third kappa shape index (κ3) is 3.76. The number of hydrogen-bond acceptors (Lipinski definition) is 3. The van der Waals surface area contributed by atoms with Crippen LogP contribution in [0.15, 0.2) is 18.2 Å². The van der Waals surface area contributed by atoms with Crippen molar-refractivity contribution in [2.45, 2.75) is 44.8 Å². The van der Waals surface area contributed by atoms with Gasteiger partial charge in [-0.25, -0.2) is 9.37 Å². The highest BCUT2D eigenvalue weighted by molar-refractivity contribution is 5.86. The Morgan fingerprint density at radius 2 is 1.96 bits per heavy atom. The van der Waals surface area contributed by atoms with Crippen molar-refractivity contribution < 1.29 is 4.39 Å². The molecule has 0 unspecified atom stereocenters. The lowest BCUT2D eigenvalue weighted by Gasteiger charge is -2.14. The highest BCUT2D eigenvalue weighted by Gasteiger charge is 2.23. The number of anilines is 1. The van der Waals surface area contributed by atoms with Gasteiger partial charge in [-0.15, -0.1) is 24.8 Å². The Labute approximate surface area is 154 Å². The molecular formula is C18H24Cl2FN3. The second kappa shape index (κ2) is 7.85. The van der Waals surface area contributed by atoms with Crippen molar-refractivity contribution in [2.75, 3.05) is 18.4 Å². The van der Waals surface area contributed by atoms with Crippen LogP contribution in [0.25, 0.3) is 10.9 Å². The van der Waals surface area contributed by atoms with E-state index in [1.165, 1.54) is 41.3 Å². The molecule has 1 aliphatic carbocycles. The lowest BCUT2D eigenvalue weighted by molar-refractivity contribution is 0.356. The molecule has 2 aliphatic rings. The first-order valence-corrected chi connectivity index (χ1v) is 8.23. The van der Waals surface area contributed by atoms with Crippen LogP contribution >= 0.6 is 24.8 Å². The van der Waals surface area contributed by atoms with Crippen LogP contribution < -0.4 is 10.6 Å². The molecule has 0 radical (unpaired) electrons. The molecule has 1 aromatic carbocycles. The van der Waals surface area contributed by atoms with Gasteiger partial charge in [0.25, 0.3) is 0 Å². The molecular weight excluding hydrogens is 348 g/mol. The molecule has 132 valence electrons. The second-order valence-corrected chi connectivity index (χ2v) is 6.64. The Bertz CT molecular complexity index is 723. The molecule has 0 amide bonds. The molecule has 0 bridgehead atoms. The maximum Gasteiger partial charge on any atom is 0.126 e. The lowest BCUT2D eigenvalue weighted by Crippen LogP contribution is -2.29. The lowest BCUT2D eigenvalue weighted by atomic mass is 10.0. The summed E-state index contributed by atoms with van der Waals surface area (Å²) in [4.78, 5) is 4.76. The molecule has 0 saturated carbocycles. The van der Waals surface area contributed by atoms with E-state index in [1.54, 1.807) is 0 Å². The minimum atomic E-state index is -0.708. The van der Waals surface area contributed by atoms with Crippen LogP contribution in [0, 0.1) is 6.92 Å². The third-order valence-electron chi connectivity index (χ3n) is 4.93. The first-order valence-electron chi connectivity index (χ1n) is 8.23. The van der Waals surface area contributed by atoms with Gasteiger partial charge in [-0.05, 0) is 67.5 Å². The fraction of sp³-hybridized carbons (Fsp3) is 0.500. The van der Waals surface area contributed by atoms with Gasteiger partial charge in [0.2, 0.25) is 0 Å². The fourth-order valence-corrected chi connectivity index (χ4v) is 3.71. The SMILES string of the molecule is Cc1cc(NC[C@@H]2C[C@H](F)CN2)nc2cc3c(cc12)CCC3.Cl.Cl. The molecule has 2 heterocycles. The molecule has 24 heavy (non-hydrogen) atoms. The van der Waals surface area contributed by atoms with Crippen molar-refractivity contribution in [3.05, 3.63) is 34.9 Å². The van der Waals surface area contributed by atoms with Gasteiger partial charge >= 0.3 is 0 Å². The minimum absolute atomic E-state index is 0. The molecule has 3 nitrogen and oxygen atoms in total. The van der Waals surface area contributed by atoms with Crippen molar-refractivity contribution >= 4 is 41.5 Å². The van der Waals surface area contributed by atoms with E-state index in [4.69, 9.17) is 4.98 Å². The van der Waals surface area contributed by atoms with E-state index in [0.717, 1.165) is 17.9 Å². The monoisotopic (exact) mass is 371 g/mol. The maximum atomic E-state index is 13.2. The van der Waals surface area contributed by atoms with Gasteiger partial charge in [0.15, 0.2) is 0 Å². The third-order valence-corrected chi connectivity index (χ3v) is 4.93. The zero-order valence-electron chi connectivity index (χ0n) is 13.8. The summed E-state index contributed by atoms with van der Waals surface area (Å²) >= 11 is 0. The zero-order chi connectivity index (χ0) is 15.1. The Morgan fingerprint density at radius 3 is 2.67 bits per heavy atom. The van der Waals surface area contributed by atoms with Crippen LogP contribution in [0.4, 0.5) is 10.2 Å². The van der Waals surface area contributed by atoms with E-state index in [2.05, 4.69) is 35.8 Å². The number of hydrogen-bond donors (Lipinski definition) is 2. The molecule has 2 atom stereocenters. The average molecular weight is 372 g/mol. The maximum absolute atomic E-state index is 13.2. The first-order chi connectivity index (χ1) is 10.7. The highest BCUT2D eigenvalue weighted by atomic mass is 35.5. The number of halogens is 3. The molecule has 1 aliphatic heterocycles. The Hall–Kier alpha value is -1.10. The van der Waals surface area contributed by atoms with Gasteiger partial charge < -0.3 is 10.6 Å². The van der Waals surface area contributed by atoms with Gasteiger partial charge in [-0.3, -0.25) is 0 Å². The molecule has 6 heteroatoms. The summed E-state index contributed by atoms with van der Waals surface area (Å²) in [5.41, 5.74) is 5.27. The van der Waals surface area contributed by atoms with E-state index in [-0.39, 0.29) is 30.9 Å². The van der Waals surface area contributed by atoms with Gasteiger partial charge in [0.1, 0.15) is 12.0 Å². The normalized spacial score (nSPS) is 21.9. The molecule has 0 spiro atoms. The summed E-state index contributed by atoms with van der Waals surface area (Å²) in [7, 11) is 0. The summed E-state index contributed by atoms with van der Waals surface area (Å²) in [5, 5.41) is 7.82. The van der Waals surface area contributed by atoms with Gasteiger partial charge in [-0.1, -0.05) is 0 Å². The number of fused-ring (bicyclic) bond motifs is 2. The Morgan fingerprint density at radius 1 is 1.21 bits per heavy atom. The standard InChI is InChI=1S/C18H22FN3.2ClH/c1-11-5-18(21-10-15-8-14(19)9-20-15)22-17-7-13-4-2-3-12(13)6-16(11)17;;/h5-7,14-15,20H,2-4,8-10H2,1H3,(H,21,22);2*1H/t14-,15-;;/m0../s1. The predicted octanol–water partition coefficient (Wildman–Crippen LogP) is 3.99. The van der Waals surface area contributed by atoms with Crippen molar-refractivity contribution in [2.24, 2.45) is 0 Å². The topological polar surface area (TPSA) is 37.0 Å². The fourth-order valence-electron chi connectivity index (χ4n) is 3.71. The number of rotatable bonds is 3. The van der Waals surface area contributed by atoms with E-state index in [9.17, 15) is 4.39 Å². The number of alkyl halides is 1. The smallest absolute Gasteiger partial charge is 0.126 e. The van der Waals surface area contributed by atoms with E-state index in [1.807, 2.05) is 0 Å². The number of benzene rings is 1. The van der Waals surface area contributed by atoms with E-state index in [0.29, 0.717) is 13.0 Å². The summed E-state index contributed by atoms with van der Waals surface area (Å²) in [6, 6.07) is 6.87. The largest absolute Gasteiger partial charge is 0.368 e. The molecule has 1 saturated heterocycles.